The average Bonchev–Trinajstić information content (AvgIpc) is 2.48. The average molecular weight is 290 g/mol. The van der Waals surface area contributed by atoms with Crippen molar-refractivity contribution in [1.29, 1.82) is 0 Å². The zero-order chi connectivity index (χ0) is 15.2. The number of aromatic amines is 1. The maximum absolute atomic E-state index is 11.3. The van der Waals surface area contributed by atoms with E-state index in [4.69, 9.17) is 0 Å². The van der Waals surface area contributed by atoms with E-state index in [0.717, 1.165) is 13.0 Å². The van der Waals surface area contributed by atoms with Gasteiger partial charge in [-0.3, -0.25) is 4.79 Å². The van der Waals surface area contributed by atoms with Gasteiger partial charge in [0.25, 0.3) is 0 Å². The monoisotopic (exact) mass is 290 g/mol. The molecule has 0 saturated heterocycles. The minimum absolute atomic E-state index is 0.00885. The minimum Gasteiger partial charge on any atom is -0.506 e. The Hall–Kier alpha value is -1.85. The molecule has 1 heterocycles. The van der Waals surface area contributed by atoms with E-state index in [1.807, 2.05) is 0 Å². The van der Waals surface area contributed by atoms with Crippen molar-refractivity contribution in [1.82, 2.24) is 10.3 Å². The van der Waals surface area contributed by atoms with Crippen LogP contribution in [0.25, 0.3) is 10.9 Å². The number of phenols is 1. The lowest BCUT2D eigenvalue weighted by atomic mass is 10.0. The van der Waals surface area contributed by atoms with Crippen LogP contribution in [0, 0.1) is 0 Å². The number of aliphatic hydroxyl groups excluding tert-OH is 1. The number of aliphatic hydroxyl groups is 1. The number of unbranched alkanes of at least 4 members (excludes halogenated alkanes) is 2. The summed E-state index contributed by atoms with van der Waals surface area (Å²) >= 11 is 0. The van der Waals surface area contributed by atoms with Crippen LogP contribution >= 0.6 is 0 Å². The fraction of sp³-hybridized carbons (Fsp3) is 0.438. The van der Waals surface area contributed by atoms with E-state index in [1.165, 1.54) is 25.0 Å². The number of pyridine rings is 1. The van der Waals surface area contributed by atoms with Crippen LogP contribution in [-0.4, -0.2) is 28.3 Å². The molecule has 114 valence electrons. The SMILES string of the molecule is CCCCCNC[C@H](O)c1ccc(O)c2[nH]c(=O)ccc12. The summed E-state index contributed by atoms with van der Waals surface area (Å²) in [6.07, 6.45) is 2.75. The maximum atomic E-state index is 11.3. The molecule has 5 heteroatoms. The summed E-state index contributed by atoms with van der Waals surface area (Å²) in [4.78, 5) is 13.9. The van der Waals surface area contributed by atoms with Crippen LogP contribution in [0.4, 0.5) is 0 Å². The molecule has 0 aliphatic carbocycles. The van der Waals surface area contributed by atoms with Gasteiger partial charge in [0.15, 0.2) is 0 Å². The standard InChI is InChI=1S/C16H22N2O3/c1-2-3-4-9-17-10-14(20)11-5-7-13(19)16-12(11)6-8-15(21)18-16/h5-8,14,17,19-20H,2-4,9-10H2,1H3,(H,18,21)/t14-/m0/s1. The predicted octanol–water partition coefficient (Wildman–Crippen LogP) is 2.05. The van der Waals surface area contributed by atoms with Crippen molar-refractivity contribution in [3.63, 3.8) is 0 Å². The number of rotatable bonds is 7. The fourth-order valence-electron chi connectivity index (χ4n) is 2.40. The molecular weight excluding hydrogens is 268 g/mol. The van der Waals surface area contributed by atoms with E-state index in [9.17, 15) is 15.0 Å². The second-order valence-corrected chi connectivity index (χ2v) is 5.21. The number of hydrogen-bond acceptors (Lipinski definition) is 4. The quantitative estimate of drug-likeness (QED) is 0.588. The Morgan fingerprint density at radius 3 is 2.81 bits per heavy atom. The van der Waals surface area contributed by atoms with Crippen LogP contribution in [0.3, 0.4) is 0 Å². The molecule has 4 N–H and O–H groups in total. The fourth-order valence-corrected chi connectivity index (χ4v) is 2.40. The number of fused-ring (bicyclic) bond motifs is 1. The number of hydrogen-bond donors (Lipinski definition) is 4. The maximum Gasteiger partial charge on any atom is 0.248 e. The first-order valence-electron chi connectivity index (χ1n) is 7.37. The molecular formula is C16H22N2O3. The Morgan fingerprint density at radius 2 is 2.05 bits per heavy atom. The number of phenolic OH excluding ortho intramolecular Hbond substituents is 1. The van der Waals surface area contributed by atoms with Crippen LogP contribution in [0.1, 0.15) is 37.9 Å². The molecule has 0 fully saturated rings. The number of H-pyrrole nitrogens is 1. The molecule has 0 bridgehead atoms. The van der Waals surface area contributed by atoms with Gasteiger partial charge in [0, 0.05) is 18.0 Å². The van der Waals surface area contributed by atoms with Crippen molar-refractivity contribution in [3.05, 3.63) is 40.2 Å². The molecule has 5 nitrogen and oxygen atoms in total. The molecule has 2 rings (SSSR count). The lowest BCUT2D eigenvalue weighted by Gasteiger charge is -2.15. The van der Waals surface area contributed by atoms with Crippen molar-refractivity contribution < 1.29 is 10.2 Å². The third-order valence-corrected chi connectivity index (χ3v) is 3.56. The molecule has 21 heavy (non-hydrogen) atoms. The summed E-state index contributed by atoms with van der Waals surface area (Å²) in [6.45, 7) is 3.47. The van der Waals surface area contributed by atoms with Crippen LogP contribution in [0.5, 0.6) is 5.75 Å². The largest absolute Gasteiger partial charge is 0.506 e. The molecule has 0 unspecified atom stereocenters. The molecule has 1 atom stereocenters. The number of aromatic hydroxyl groups is 1. The summed E-state index contributed by atoms with van der Waals surface area (Å²) in [5.41, 5.74) is 0.786. The highest BCUT2D eigenvalue weighted by atomic mass is 16.3. The second kappa shape index (κ2) is 7.24. The van der Waals surface area contributed by atoms with Gasteiger partial charge in [-0.1, -0.05) is 25.8 Å². The molecule has 0 saturated carbocycles. The minimum atomic E-state index is -0.680. The van der Waals surface area contributed by atoms with E-state index in [1.54, 1.807) is 12.1 Å². The Kier molecular flexibility index (Phi) is 5.36. The van der Waals surface area contributed by atoms with Gasteiger partial charge in [0.05, 0.1) is 11.6 Å². The van der Waals surface area contributed by atoms with Crippen molar-refractivity contribution in [3.8, 4) is 5.75 Å². The van der Waals surface area contributed by atoms with E-state index in [-0.39, 0.29) is 11.3 Å². The van der Waals surface area contributed by atoms with E-state index >= 15 is 0 Å². The second-order valence-electron chi connectivity index (χ2n) is 5.21. The zero-order valence-corrected chi connectivity index (χ0v) is 12.2. The first-order chi connectivity index (χ1) is 10.1. The molecule has 2 aromatic rings. The molecule has 1 aromatic heterocycles. The van der Waals surface area contributed by atoms with Crippen molar-refractivity contribution in [2.45, 2.75) is 32.3 Å². The highest BCUT2D eigenvalue weighted by Crippen LogP contribution is 2.28. The predicted molar refractivity (Wildman–Crippen MR) is 83.6 cm³/mol. The molecule has 0 aliphatic rings. The third-order valence-electron chi connectivity index (χ3n) is 3.56. The Labute approximate surface area is 123 Å². The Morgan fingerprint density at radius 1 is 1.24 bits per heavy atom. The summed E-state index contributed by atoms with van der Waals surface area (Å²) < 4.78 is 0. The topological polar surface area (TPSA) is 85.3 Å². The van der Waals surface area contributed by atoms with Crippen LogP contribution in [0.2, 0.25) is 0 Å². The van der Waals surface area contributed by atoms with Crippen LogP contribution in [-0.2, 0) is 0 Å². The summed E-state index contributed by atoms with van der Waals surface area (Å²) in [5, 5.41) is 24.0. The van der Waals surface area contributed by atoms with Gasteiger partial charge in [-0.15, -0.1) is 0 Å². The molecule has 0 aliphatic heterocycles. The number of benzene rings is 1. The van der Waals surface area contributed by atoms with Crippen molar-refractivity contribution >= 4 is 10.9 Å². The lowest BCUT2D eigenvalue weighted by molar-refractivity contribution is 0.176. The van der Waals surface area contributed by atoms with Crippen LogP contribution in [0.15, 0.2) is 29.1 Å². The van der Waals surface area contributed by atoms with Gasteiger partial charge in [-0.05, 0) is 30.7 Å². The normalized spacial score (nSPS) is 12.7. The highest BCUT2D eigenvalue weighted by molar-refractivity contribution is 5.87. The van der Waals surface area contributed by atoms with Gasteiger partial charge in [0.1, 0.15) is 5.75 Å². The first-order valence-corrected chi connectivity index (χ1v) is 7.37. The highest BCUT2D eigenvalue weighted by Gasteiger charge is 2.13. The molecule has 0 spiro atoms. The van der Waals surface area contributed by atoms with E-state index in [2.05, 4.69) is 17.2 Å². The summed E-state index contributed by atoms with van der Waals surface area (Å²) in [6, 6.07) is 6.21. The van der Waals surface area contributed by atoms with Gasteiger partial charge in [-0.25, -0.2) is 0 Å². The van der Waals surface area contributed by atoms with Crippen molar-refractivity contribution in [2.75, 3.05) is 13.1 Å². The lowest BCUT2D eigenvalue weighted by Crippen LogP contribution is -2.22. The number of aromatic nitrogens is 1. The summed E-state index contributed by atoms with van der Waals surface area (Å²) in [7, 11) is 0. The van der Waals surface area contributed by atoms with Crippen molar-refractivity contribution in [2.24, 2.45) is 0 Å². The van der Waals surface area contributed by atoms with Gasteiger partial charge in [0.2, 0.25) is 5.56 Å². The zero-order valence-electron chi connectivity index (χ0n) is 12.2. The van der Waals surface area contributed by atoms with Gasteiger partial charge in [-0.2, -0.15) is 0 Å². The summed E-state index contributed by atoms with van der Waals surface area (Å²) in [5.74, 6) is 0.00885. The molecule has 0 radical (unpaired) electrons. The Bertz CT molecular complexity index is 652. The smallest absolute Gasteiger partial charge is 0.248 e. The Balaban J connectivity index is 2.14. The van der Waals surface area contributed by atoms with Gasteiger partial charge >= 0.3 is 0 Å². The third kappa shape index (κ3) is 3.83. The van der Waals surface area contributed by atoms with E-state index in [0.29, 0.717) is 23.0 Å². The number of nitrogens with one attached hydrogen (secondary N) is 2. The molecule has 1 aromatic carbocycles. The van der Waals surface area contributed by atoms with E-state index < -0.39 is 6.10 Å². The van der Waals surface area contributed by atoms with Crippen LogP contribution < -0.4 is 10.9 Å². The molecule has 0 amide bonds. The first kappa shape index (κ1) is 15.5. The van der Waals surface area contributed by atoms with Gasteiger partial charge < -0.3 is 20.5 Å².